The van der Waals surface area contributed by atoms with Crippen molar-refractivity contribution in [1.29, 1.82) is 0 Å². The fourth-order valence-electron chi connectivity index (χ4n) is 2.83. The summed E-state index contributed by atoms with van der Waals surface area (Å²) in [6.45, 7) is 0. The van der Waals surface area contributed by atoms with Crippen molar-refractivity contribution in [3.63, 3.8) is 0 Å². The number of hydrogen-bond acceptors (Lipinski definition) is 5. The molecule has 0 fully saturated rings. The molecule has 5 heteroatoms. The minimum absolute atomic E-state index is 0.236. The highest BCUT2D eigenvalue weighted by Crippen LogP contribution is 2.47. The first-order valence-electron chi connectivity index (χ1n) is 7.41. The van der Waals surface area contributed by atoms with Crippen LogP contribution in [0, 0.1) is 0 Å². The summed E-state index contributed by atoms with van der Waals surface area (Å²) in [4.78, 5) is 0. The van der Waals surface area contributed by atoms with E-state index in [0.29, 0.717) is 29.2 Å². The van der Waals surface area contributed by atoms with E-state index in [2.05, 4.69) is 0 Å². The Balaban J connectivity index is 1.95. The van der Waals surface area contributed by atoms with Crippen LogP contribution in [0.2, 0.25) is 0 Å². The van der Waals surface area contributed by atoms with E-state index in [1.165, 1.54) is 0 Å². The van der Waals surface area contributed by atoms with Gasteiger partial charge in [0, 0.05) is 18.6 Å². The molecular weight excluding hydrogens is 296 g/mol. The van der Waals surface area contributed by atoms with Crippen molar-refractivity contribution in [2.45, 2.75) is 18.6 Å². The third-order valence-corrected chi connectivity index (χ3v) is 4.06. The molecule has 1 N–H and O–H groups in total. The summed E-state index contributed by atoms with van der Waals surface area (Å²) in [5.41, 5.74) is 1.65. The van der Waals surface area contributed by atoms with Crippen LogP contribution in [0.4, 0.5) is 0 Å². The Morgan fingerprint density at radius 2 is 1.65 bits per heavy atom. The van der Waals surface area contributed by atoms with E-state index in [9.17, 15) is 5.11 Å². The SMILES string of the molecule is COc1ccc([C@@H]2C[C@@H](O)c3c(OC)cc(OC)cc3O2)cc1. The molecule has 0 bridgehead atoms. The monoisotopic (exact) mass is 316 g/mol. The summed E-state index contributed by atoms with van der Waals surface area (Å²) in [7, 11) is 4.78. The molecule has 2 aromatic carbocycles. The zero-order valence-corrected chi connectivity index (χ0v) is 13.4. The molecule has 0 spiro atoms. The average molecular weight is 316 g/mol. The molecule has 1 aliphatic heterocycles. The predicted octanol–water partition coefficient (Wildman–Crippen LogP) is 3.27. The van der Waals surface area contributed by atoms with Crippen molar-refractivity contribution >= 4 is 0 Å². The number of rotatable bonds is 4. The summed E-state index contributed by atoms with van der Waals surface area (Å²) in [6.07, 6.45) is -0.436. The van der Waals surface area contributed by atoms with E-state index in [1.54, 1.807) is 33.5 Å². The maximum atomic E-state index is 10.5. The first kappa shape index (κ1) is 15.5. The first-order chi connectivity index (χ1) is 11.2. The molecule has 0 aliphatic carbocycles. The maximum absolute atomic E-state index is 10.5. The van der Waals surface area contributed by atoms with Crippen molar-refractivity contribution in [1.82, 2.24) is 0 Å². The molecule has 0 radical (unpaired) electrons. The zero-order chi connectivity index (χ0) is 16.4. The molecule has 122 valence electrons. The second-order valence-electron chi connectivity index (χ2n) is 5.37. The normalized spacial score (nSPS) is 19.5. The topological polar surface area (TPSA) is 57.2 Å². The number of aliphatic hydroxyl groups excluding tert-OH is 1. The second kappa shape index (κ2) is 6.38. The van der Waals surface area contributed by atoms with E-state index in [0.717, 1.165) is 11.3 Å². The van der Waals surface area contributed by atoms with Gasteiger partial charge in [-0.1, -0.05) is 12.1 Å². The van der Waals surface area contributed by atoms with Crippen LogP contribution in [0.5, 0.6) is 23.0 Å². The van der Waals surface area contributed by atoms with E-state index in [1.807, 2.05) is 24.3 Å². The van der Waals surface area contributed by atoms with Crippen LogP contribution in [0.15, 0.2) is 36.4 Å². The molecule has 0 aromatic heterocycles. The van der Waals surface area contributed by atoms with E-state index in [-0.39, 0.29) is 6.10 Å². The summed E-state index contributed by atoms with van der Waals surface area (Å²) in [5.74, 6) is 2.57. The molecule has 0 unspecified atom stereocenters. The number of fused-ring (bicyclic) bond motifs is 1. The molecule has 0 saturated heterocycles. The second-order valence-corrected chi connectivity index (χ2v) is 5.37. The number of hydrogen-bond donors (Lipinski definition) is 1. The summed E-state index contributed by atoms with van der Waals surface area (Å²) < 4.78 is 21.9. The molecule has 5 nitrogen and oxygen atoms in total. The highest BCUT2D eigenvalue weighted by molar-refractivity contribution is 5.53. The van der Waals surface area contributed by atoms with Crippen LogP contribution < -0.4 is 18.9 Å². The summed E-state index contributed by atoms with van der Waals surface area (Å²) in [6, 6.07) is 11.2. The molecule has 2 aromatic rings. The van der Waals surface area contributed by atoms with Gasteiger partial charge in [0.1, 0.15) is 29.1 Å². The van der Waals surface area contributed by atoms with Gasteiger partial charge in [-0.25, -0.2) is 0 Å². The standard InChI is InChI=1S/C18H20O5/c1-20-12-6-4-11(5-7-12)15-10-14(19)18-16(22-3)8-13(21-2)9-17(18)23-15/h4-9,14-15,19H,10H2,1-3H3/t14-,15+/m1/s1. The molecule has 1 heterocycles. The lowest BCUT2D eigenvalue weighted by molar-refractivity contribution is 0.0630. The van der Waals surface area contributed by atoms with Crippen molar-refractivity contribution in [3.8, 4) is 23.0 Å². The van der Waals surface area contributed by atoms with Gasteiger partial charge in [0.25, 0.3) is 0 Å². The van der Waals surface area contributed by atoms with Gasteiger partial charge in [-0.15, -0.1) is 0 Å². The lowest BCUT2D eigenvalue weighted by atomic mass is 9.94. The van der Waals surface area contributed by atoms with Crippen molar-refractivity contribution < 1.29 is 24.1 Å². The minimum Gasteiger partial charge on any atom is -0.497 e. The molecular formula is C18H20O5. The fourth-order valence-corrected chi connectivity index (χ4v) is 2.83. The van der Waals surface area contributed by atoms with Gasteiger partial charge in [-0.3, -0.25) is 0 Å². The number of benzene rings is 2. The van der Waals surface area contributed by atoms with Crippen LogP contribution in [0.3, 0.4) is 0 Å². The van der Waals surface area contributed by atoms with Gasteiger partial charge in [0.05, 0.1) is 33.0 Å². The Bertz CT molecular complexity index is 681. The Morgan fingerprint density at radius 3 is 2.26 bits per heavy atom. The maximum Gasteiger partial charge on any atom is 0.133 e. The largest absolute Gasteiger partial charge is 0.497 e. The van der Waals surface area contributed by atoms with Gasteiger partial charge in [-0.05, 0) is 17.7 Å². The quantitative estimate of drug-likeness (QED) is 0.938. The number of methoxy groups -OCH3 is 3. The molecule has 2 atom stereocenters. The van der Waals surface area contributed by atoms with Gasteiger partial charge in [0.2, 0.25) is 0 Å². The van der Waals surface area contributed by atoms with Gasteiger partial charge >= 0.3 is 0 Å². The molecule has 0 saturated carbocycles. The molecule has 23 heavy (non-hydrogen) atoms. The van der Waals surface area contributed by atoms with Gasteiger partial charge in [0.15, 0.2) is 0 Å². The van der Waals surface area contributed by atoms with Gasteiger partial charge in [-0.2, -0.15) is 0 Å². The van der Waals surface area contributed by atoms with Crippen LogP contribution in [0.25, 0.3) is 0 Å². The van der Waals surface area contributed by atoms with Crippen molar-refractivity contribution in [3.05, 3.63) is 47.5 Å². The predicted molar refractivity (Wildman–Crippen MR) is 85.5 cm³/mol. The third kappa shape index (κ3) is 2.92. The lowest BCUT2D eigenvalue weighted by Crippen LogP contribution is -2.19. The highest BCUT2D eigenvalue weighted by Gasteiger charge is 2.31. The third-order valence-electron chi connectivity index (χ3n) is 4.06. The van der Waals surface area contributed by atoms with Crippen LogP contribution >= 0.6 is 0 Å². The van der Waals surface area contributed by atoms with E-state index < -0.39 is 6.10 Å². The zero-order valence-electron chi connectivity index (χ0n) is 13.4. The van der Waals surface area contributed by atoms with Crippen molar-refractivity contribution in [2.24, 2.45) is 0 Å². The average Bonchev–Trinajstić information content (AvgIpc) is 2.60. The summed E-state index contributed by atoms with van der Waals surface area (Å²) >= 11 is 0. The molecule has 1 aliphatic rings. The van der Waals surface area contributed by atoms with Crippen LogP contribution in [-0.2, 0) is 0 Å². The van der Waals surface area contributed by atoms with Crippen molar-refractivity contribution in [2.75, 3.05) is 21.3 Å². The van der Waals surface area contributed by atoms with E-state index >= 15 is 0 Å². The number of ether oxygens (including phenoxy) is 4. The van der Waals surface area contributed by atoms with Crippen LogP contribution in [-0.4, -0.2) is 26.4 Å². The smallest absolute Gasteiger partial charge is 0.133 e. The number of aliphatic hydroxyl groups is 1. The first-order valence-corrected chi connectivity index (χ1v) is 7.41. The van der Waals surface area contributed by atoms with E-state index in [4.69, 9.17) is 18.9 Å². The van der Waals surface area contributed by atoms with Gasteiger partial charge < -0.3 is 24.1 Å². The Labute approximate surface area is 135 Å². The minimum atomic E-state index is -0.660. The fraction of sp³-hybridized carbons (Fsp3) is 0.333. The lowest BCUT2D eigenvalue weighted by Gasteiger charge is -2.31. The molecule has 3 rings (SSSR count). The Kier molecular flexibility index (Phi) is 4.30. The molecule has 0 amide bonds. The van der Waals surface area contributed by atoms with Crippen LogP contribution in [0.1, 0.15) is 29.8 Å². The Hall–Kier alpha value is -2.40. The summed E-state index contributed by atoms with van der Waals surface area (Å²) in [5, 5.41) is 10.5. The Morgan fingerprint density at radius 1 is 0.957 bits per heavy atom. The highest BCUT2D eigenvalue weighted by atomic mass is 16.5.